The number of carboxylic acids is 1. The molecule has 0 bridgehead atoms. The Morgan fingerprint density at radius 2 is 1.90 bits per heavy atom. The minimum atomic E-state index is -0.719. The van der Waals surface area contributed by atoms with Crippen LogP contribution in [0.2, 0.25) is 0 Å². The molecule has 0 aliphatic carbocycles. The maximum atomic E-state index is 11.3. The van der Waals surface area contributed by atoms with Gasteiger partial charge in [0.2, 0.25) is 0 Å². The van der Waals surface area contributed by atoms with Crippen LogP contribution in [-0.2, 0) is 11.3 Å². The van der Waals surface area contributed by atoms with E-state index in [9.17, 15) is 9.90 Å². The highest BCUT2D eigenvalue weighted by atomic mass is 16.5. The van der Waals surface area contributed by atoms with E-state index in [0.717, 1.165) is 23.6 Å². The number of hydrogen-bond donors (Lipinski definition) is 1. The quantitative estimate of drug-likeness (QED) is 0.893. The molecule has 5 nitrogen and oxygen atoms in total. The molecule has 5 heteroatoms. The first-order chi connectivity index (χ1) is 9.46. The van der Waals surface area contributed by atoms with Crippen molar-refractivity contribution in [3.8, 4) is 11.5 Å². The highest BCUT2D eigenvalue weighted by molar-refractivity contribution is 5.74. The van der Waals surface area contributed by atoms with Crippen LogP contribution in [0.1, 0.15) is 18.9 Å². The van der Waals surface area contributed by atoms with E-state index in [1.807, 2.05) is 25.1 Å². The third-order valence-corrected chi connectivity index (χ3v) is 3.89. The summed E-state index contributed by atoms with van der Waals surface area (Å²) in [5.41, 5.74) is 0.430. The van der Waals surface area contributed by atoms with Gasteiger partial charge in [-0.05, 0) is 37.6 Å². The van der Waals surface area contributed by atoms with E-state index in [1.165, 1.54) is 0 Å². The highest BCUT2D eigenvalue weighted by Crippen LogP contribution is 2.32. The summed E-state index contributed by atoms with van der Waals surface area (Å²) in [5, 5.41) is 9.25. The van der Waals surface area contributed by atoms with Crippen LogP contribution >= 0.6 is 0 Å². The first-order valence-corrected chi connectivity index (χ1v) is 6.64. The Morgan fingerprint density at radius 1 is 1.30 bits per heavy atom. The molecule has 1 saturated heterocycles. The van der Waals surface area contributed by atoms with Gasteiger partial charge >= 0.3 is 5.97 Å². The van der Waals surface area contributed by atoms with E-state index in [0.29, 0.717) is 19.5 Å². The molecule has 1 aromatic carbocycles. The van der Waals surface area contributed by atoms with Crippen molar-refractivity contribution in [1.82, 2.24) is 4.90 Å². The first-order valence-electron chi connectivity index (χ1n) is 6.64. The summed E-state index contributed by atoms with van der Waals surface area (Å²) in [6.45, 7) is 3.88. The van der Waals surface area contributed by atoms with Crippen LogP contribution in [0.5, 0.6) is 11.5 Å². The zero-order valence-corrected chi connectivity index (χ0v) is 12.2. The Morgan fingerprint density at radius 3 is 2.35 bits per heavy atom. The van der Waals surface area contributed by atoms with Crippen molar-refractivity contribution in [1.29, 1.82) is 0 Å². The van der Waals surface area contributed by atoms with Crippen molar-refractivity contribution in [2.24, 2.45) is 5.41 Å². The van der Waals surface area contributed by atoms with Gasteiger partial charge in [0.05, 0.1) is 19.6 Å². The lowest BCUT2D eigenvalue weighted by Gasteiger charge is -2.20. The molecule has 0 saturated carbocycles. The predicted molar refractivity (Wildman–Crippen MR) is 75.2 cm³/mol. The third-order valence-electron chi connectivity index (χ3n) is 3.89. The lowest BCUT2D eigenvalue weighted by molar-refractivity contribution is -0.147. The van der Waals surface area contributed by atoms with Crippen molar-refractivity contribution < 1.29 is 19.4 Å². The smallest absolute Gasteiger partial charge is 0.310 e. The van der Waals surface area contributed by atoms with Gasteiger partial charge in [-0.25, -0.2) is 0 Å². The molecule has 1 heterocycles. The lowest BCUT2D eigenvalue weighted by atomic mass is 9.90. The van der Waals surface area contributed by atoms with Crippen LogP contribution in [-0.4, -0.2) is 43.3 Å². The van der Waals surface area contributed by atoms with Gasteiger partial charge < -0.3 is 14.6 Å². The van der Waals surface area contributed by atoms with E-state index >= 15 is 0 Å². The largest absolute Gasteiger partial charge is 0.497 e. The van der Waals surface area contributed by atoms with Gasteiger partial charge in [0.25, 0.3) is 0 Å². The first kappa shape index (κ1) is 14.7. The Labute approximate surface area is 119 Å². The Balaban J connectivity index is 2.09. The summed E-state index contributed by atoms with van der Waals surface area (Å²) in [4.78, 5) is 13.4. The van der Waals surface area contributed by atoms with E-state index in [4.69, 9.17) is 9.47 Å². The zero-order valence-electron chi connectivity index (χ0n) is 12.2. The molecule has 1 atom stereocenters. The number of aliphatic carboxylic acids is 1. The molecule has 0 aromatic heterocycles. The number of nitrogens with zero attached hydrogens (tertiary/aromatic N) is 1. The van der Waals surface area contributed by atoms with E-state index < -0.39 is 11.4 Å². The van der Waals surface area contributed by atoms with Crippen LogP contribution in [0, 0.1) is 5.41 Å². The number of benzene rings is 1. The maximum absolute atomic E-state index is 11.3. The molecule has 1 fully saturated rings. The highest BCUT2D eigenvalue weighted by Gasteiger charge is 2.40. The van der Waals surface area contributed by atoms with Gasteiger partial charge in [-0.2, -0.15) is 0 Å². The number of likely N-dealkylation sites (tertiary alicyclic amines) is 1. The second-order valence-corrected chi connectivity index (χ2v) is 5.55. The predicted octanol–water partition coefficient (Wildman–Crippen LogP) is 2.00. The third kappa shape index (κ3) is 3.04. The second-order valence-electron chi connectivity index (χ2n) is 5.55. The van der Waals surface area contributed by atoms with Gasteiger partial charge in [-0.3, -0.25) is 9.69 Å². The Hall–Kier alpha value is -1.75. The zero-order chi connectivity index (χ0) is 14.8. The molecule has 1 N–H and O–H groups in total. The van der Waals surface area contributed by atoms with Gasteiger partial charge in [0, 0.05) is 19.2 Å². The molecular formula is C15H21NO4. The van der Waals surface area contributed by atoms with Crippen molar-refractivity contribution in [3.05, 3.63) is 23.8 Å². The SMILES string of the molecule is COc1cc(CN2CCC(C)(C(=O)O)C2)cc(OC)c1. The van der Waals surface area contributed by atoms with E-state index in [2.05, 4.69) is 4.90 Å². The van der Waals surface area contributed by atoms with Crippen LogP contribution in [0.25, 0.3) is 0 Å². The number of hydrogen-bond acceptors (Lipinski definition) is 4. The maximum Gasteiger partial charge on any atom is 0.310 e. The molecule has 0 radical (unpaired) electrons. The second kappa shape index (κ2) is 5.71. The summed E-state index contributed by atoms with van der Waals surface area (Å²) in [6, 6.07) is 5.74. The monoisotopic (exact) mass is 279 g/mol. The number of carboxylic acid groups (broad SMARTS) is 1. The molecule has 110 valence electrons. The number of carbonyl (C=O) groups is 1. The van der Waals surface area contributed by atoms with Crippen molar-refractivity contribution >= 4 is 5.97 Å². The minimum absolute atomic E-state index is 0.571. The average Bonchev–Trinajstić information content (AvgIpc) is 2.81. The molecule has 0 amide bonds. The van der Waals surface area contributed by atoms with Crippen molar-refractivity contribution in [2.75, 3.05) is 27.3 Å². The standard InChI is InChI=1S/C15H21NO4/c1-15(14(17)18)4-5-16(10-15)9-11-6-12(19-2)8-13(7-11)20-3/h6-8H,4-5,9-10H2,1-3H3,(H,17,18). The van der Waals surface area contributed by atoms with Crippen LogP contribution in [0.15, 0.2) is 18.2 Å². The minimum Gasteiger partial charge on any atom is -0.497 e. The Bertz CT molecular complexity index is 480. The molecule has 1 aliphatic heterocycles. The lowest BCUT2D eigenvalue weighted by Crippen LogP contribution is -2.31. The van der Waals surface area contributed by atoms with E-state index in [-0.39, 0.29) is 0 Å². The molecule has 2 rings (SSSR count). The molecule has 0 spiro atoms. The summed E-state index contributed by atoms with van der Waals surface area (Å²) in [7, 11) is 3.24. The molecule has 1 unspecified atom stereocenters. The number of rotatable bonds is 5. The summed E-state index contributed by atoms with van der Waals surface area (Å²) >= 11 is 0. The van der Waals surface area contributed by atoms with Gasteiger partial charge in [0.1, 0.15) is 11.5 Å². The average molecular weight is 279 g/mol. The topological polar surface area (TPSA) is 59.0 Å². The van der Waals surface area contributed by atoms with Gasteiger partial charge in [-0.1, -0.05) is 0 Å². The van der Waals surface area contributed by atoms with Crippen LogP contribution in [0.3, 0.4) is 0 Å². The van der Waals surface area contributed by atoms with Crippen molar-refractivity contribution in [2.45, 2.75) is 19.9 Å². The fraction of sp³-hybridized carbons (Fsp3) is 0.533. The summed E-state index contributed by atoms with van der Waals surface area (Å²) < 4.78 is 10.5. The van der Waals surface area contributed by atoms with E-state index in [1.54, 1.807) is 14.2 Å². The summed E-state index contributed by atoms with van der Waals surface area (Å²) in [6.07, 6.45) is 0.684. The molecule has 20 heavy (non-hydrogen) atoms. The Kier molecular flexibility index (Phi) is 4.18. The fourth-order valence-electron chi connectivity index (χ4n) is 2.58. The van der Waals surface area contributed by atoms with Gasteiger partial charge in [0.15, 0.2) is 0 Å². The number of ether oxygens (including phenoxy) is 2. The van der Waals surface area contributed by atoms with Crippen LogP contribution in [0.4, 0.5) is 0 Å². The van der Waals surface area contributed by atoms with Crippen molar-refractivity contribution in [3.63, 3.8) is 0 Å². The normalized spacial score (nSPS) is 22.8. The molecular weight excluding hydrogens is 258 g/mol. The summed E-state index contributed by atoms with van der Waals surface area (Å²) in [5.74, 6) is 0.780. The van der Waals surface area contributed by atoms with Gasteiger partial charge in [-0.15, -0.1) is 0 Å². The van der Waals surface area contributed by atoms with Crippen LogP contribution < -0.4 is 9.47 Å². The molecule has 1 aromatic rings. The molecule has 1 aliphatic rings. The number of methoxy groups -OCH3 is 2. The fourth-order valence-corrected chi connectivity index (χ4v) is 2.58.